The molecule has 0 spiro atoms. The van der Waals surface area contributed by atoms with Gasteiger partial charge in [0.2, 0.25) is 5.88 Å². The van der Waals surface area contributed by atoms with Crippen molar-refractivity contribution >= 4 is 33.4 Å². The van der Waals surface area contributed by atoms with E-state index in [9.17, 15) is 4.79 Å². The quantitative estimate of drug-likeness (QED) is 0.821. The third-order valence-corrected chi connectivity index (χ3v) is 4.44. The Hall–Kier alpha value is -1.79. The number of aromatic nitrogens is 1. The van der Waals surface area contributed by atoms with Crippen LogP contribution >= 0.6 is 27.5 Å². The maximum Gasteiger partial charge on any atom is 0.272 e. The van der Waals surface area contributed by atoms with Crippen LogP contribution in [0.2, 0.25) is 5.02 Å². The van der Waals surface area contributed by atoms with Gasteiger partial charge in [0.15, 0.2) is 5.69 Å². The monoisotopic (exact) mass is 410 g/mol. The number of benzene rings is 1. The van der Waals surface area contributed by atoms with Crippen molar-refractivity contribution in [3.8, 4) is 11.6 Å². The highest BCUT2D eigenvalue weighted by molar-refractivity contribution is 9.10. The van der Waals surface area contributed by atoms with Gasteiger partial charge in [0.1, 0.15) is 5.75 Å². The first-order valence-electron chi connectivity index (χ1n) is 7.61. The van der Waals surface area contributed by atoms with Crippen molar-refractivity contribution in [1.82, 2.24) is 10.3 Å². The molecule has 1 atom stereocenters. The number of hydrogen-bond acceptors (Lipinski definition) is 4. The van der Waals surface area contributed by atoms with Crippen LogP contribution in [-0.4, -0.2) is 24.1 Å². The minimum Gasteiger partial charge on any atom is -0.493 e. The highest BCUT2D eigenvalue weighted by Crippen LogP contribution is 2.34. The molecule has 2 heterocycles. The molecule has 1 aliphatic rings. The van der Waals surface area contributed by atoms with Crippen molar-refractivity contribution in [1.29, 1.82) is 0 Å². The number of amides is 1. The molecule has 126 valence electrons. The lowest BCUT2D eigenvalue weighted by atomic mass is 10.0. The average Bonchev–Trinajstić information content (AvgIpc) is 2.57. The summed E-state index contributed by atoms with van der Waals surface area (Å²) in [5.41, 5.74) is 1.09. The summed E-state index contributed by atoms with van der Waals surface area (Å²) in [4.78, 5) is 16.8. The van der Waals surface area contributed by atoms with E-state index in [2.05, 4.69) is 26.2 Å². The highest BCUT2D eigenvalue weighted by atomic mass is 79.9. The molecule has 1 aliphatic heterocycles. The summed E-state index contributed by atoms with van der Waals surface area (Å²) < 4.78 is 11.9. The number of nitrogens with one attached hydrogen (secondary N) is 1. The van der Waals surface area contributed by atoms with Crippen molar-refractivity contribution in [2.45, 2.75) is 19.4 Å². The van der Waals surface area contributed by atoms with Crippen LogP contribution in [0.1, 0.15) is 35.4 Å². The van der Waals surface area contributed by atoms with Gasteiger partial charge < -0.3 is 14.8 Å². The molecule has 0 radical (unpaired) electrons. The second-order valence-electron chi connectivity index (χ2n) is 5.26. The van der Waals surface area contributed by atoms with E-state index in [0.717, 1.165) is 15.8 Å². The van der Waals surface area contributed by atoms with Gasteiger partial charge in [-0.15, -0.1) is 0 Å². The number of fused-ring (bicyclic) bond motifs is 1. The van der Waals surface area contributed by atoms with E-state index >= 15 is 0 Å². The fraction of sp³-hybridized carbons (Fsp3) is 0.294. The SMILES string of the molecule is CCOc1ccc(Cl)c(C(=O)NC2CCOc3ccc(Br)cc32)n1. The molecule has 1 N–H and O–H groups in total. The largest absolute Gasteiger partial charge is 0.493 e. The molecule has 1 aromatic heterocycles. The van der Waals surface area contributed by atoms with Crippen LogP contribution in [-0.2, 0) is 0 Å². The third kappa shape index (κ3) is 3.65. The van der Waals surface area contributed by atoms with E-state index in [1.165, 1.54) is 0 Å². The molecule has 0 saturated heterocycles. The van der Waals surface area contributed by atoms with Crippen LogP contribution in [0.25, 0.3) is 0 Å². The summed E-state index contributed by atoms with van der Waals surface area (Å²) in [7, 11) is 0. The Bertz CT molecular complexity index is 769. The molecular weight excluding hydrogens is 396 g/mol. The van der Waals surface area contributed by atoms with Crippen molar-refractivity contribution in [2.24, 2.45) is 0 Å². The van der Waals surface area contributed by atoms with Crippen LogP contribution < -0.4 is 14.8 Å². The zero-order chi connectivity index (χ0) is 17.1. The van der Waals surface area contributed by atoms with Gasteiger partial charge in [0, 0.05) is 22.5 Å². The Balaban J connectivity index is 1.84. The summed E-state index contributed by atoms with van der Waals surface area (Å²) in [5, 5.41) is 3.28. The van der Waals surface area contributed by atoms with Crippen molar-refractivity contribution in [2.75, 3.05) is 13.2 Å². The molecule has 1 aromatic carbocycles. The Labute approximate surface area is 153 Å². The first-order chi connectivity index (χ1) is 11.6. The van der Waals surface area contributed by atoms with E-state index in [1.807, 2.05) is 25.1 Å². The molecule has 1 unspecified atom stereocenters. The van der Waals surface area contributed by atoms with Gasteiger partial charge in [-0.1, -0.05) is 27.5 Å². The van der Waals surface area contributed by atoms with Crippen LogP contribution in [0.4, 0.5) is 0 Å². The molecular formula is C17H16BrClN2O3. The number of pyridine rings is 1. The smallest absolute Gasteiger partial charge is 0.272 e. The summed E-state index contributed by atoms with van der Waals surface area (Å²) >= 11 is 9.57. The van der Waals surface area contributed by atoms with Crippen LogP contribution in [0.15, 0.2) is 34.8 Å². The average molecular weight is 412 g/mol. The number of ether oxygens (including phenoxy) is 2. The first kappa shape index (κ1) is 17.0. The Morgan fingerprint density at radius 1 is 1.46 bits per heavy atom. The third-order valence-electron chi connectivity index (χ3n) is 3.64. The van der Waals surface area contributed by atoms with Gasteiger partial charge in [0.05, 0.1) is 24.3 Å². The molecule has 0 bridgehead atoms. The maximum atomic E-state index is 12.6. The van der Waals surface area contributed by atoms with Gasteiger partial charge in [0.25, 0.3) is 5.91 Å². The molecule has 24 heavy (non-hydrogen) atoms. The fourth-order valence-corrected chi connectivity index (χ4v) is 3.12. The lowest BCUT2D eigenvalue weighted by Gasteiger charge is -2.27. The van der Waals surface area contributed by atoms with Crippen molar-refractivity contribution in [3.05, 3.63) is 51.1 Å². The molecule has 0 saturated carbocycles. The second kappa shape index (κ2) is 7.40. The van der Waals surface area contributed by atoms with Gasteiger partial charge in [-0.05, 0) is 31.2 Å². The first-order valence-corrected chi connectivity index (χ1v) is 8.78. The predicted molar refractivity (Wildman–Crippen MR) is 94.9 cm³/mol. The van der Waals surface area contributed by atoms with Crippen LogP contribution in [0.5, 0.6) is 11.6 Å². The van der Waals surface area contributed by atoms with E-state index in [1.54, 1.807) is 12.1 Å². The minimum absolute atomic E-state index is 0.158. The molecule has 5 nitrogen and oxygen atoms in total. The van der Waals surface area contributed by atoms with Gasteiger partial charge in [-0.3, -0.25) is 4.79 Å². The normalized spacial score (nSPS) is 16.0. The molecule has 2 aromatic rings. The van der Waals surface area contributed by atoms with E-state index < -0.39 is 0 Å². The molecule has 1 amide bonds. The molecule has 0 aliphatic carbocycles. The standard InChI is InChI=1S/C17H16BrClN2O3/c1-2-23-15-6-4-12(19)16(21-15)17(22)20-13-7-8-24-14-5-3-10(18)9-11(13)14/h3-6,9,13H,2,7-8H2,1H3,(H,20,22). The summed E-state index contributed by atoms with van der Waals surface area (Å²) in [6, 6.07) is 8.84. The topological polar surface area (TPSA) is 60.5 Å². The van der Waals surface area contributed by atoms with Crippen molar-refractivity contribution in [3.63, 3.8) is 0 Å². The fourth-order valence-electron chi connectivity index (χ4n) is 2.55. The minimum atomic E-state index is -0.334. The zero-order valence-electron chi connectivity index (χ0n) is 13.0. The van der Waals surface area contributed by atoms with Gasteiger partial charge in [-0.2, -0.15) is 0 Å². The molecule has 0 fully saturated rings. The second-order valence-corrected chi connectivity index (χ2v) is 6.58. The van der Waals surface area contributed by atoms with Crippen molar-refractivity contribution < 1.29 is 14.3 Å². The lowest BCUT2D eigenvalue weighted by Crippen LogP contribution is -2.32. The van der Waals surface area contributed by atoms with E-state index in [4.69, 9.17) is 21.1 Å². The number of halogens is 2. The summed E-state index contributed by atoms with van der Waals surface area (Å²) in [6.07, 6.45) is 0.679. The number of rotatable bonds is 4. The Morgan fingerprint density at radius 2 is 2.29 bits per heavy atom. The van der Waals surface area contributed by atoms with E-state index in [0.29, 0.717) is 25.5 Å². The lowest BCUT2D eigenvalue weighted by molar-refractivity contribution is 0.0918. The summed E-state index contributed by atoms with van der Waals surface area (Å²) in [6.45, 7) is 2.86. The Kier molecular flexibility index (Phi) is 5.26. The Morgan fingerprint density at radius 3 is 3.08 bits per heavy atom. The van der Waals surface area contributed by atoms with Crippen LogP contribution in [0.3, 0.4) is 0 Å². The predicted octanol–water partition coefficient (Wildman–Crippen LogP) is 4.15. The number of nitrogens with zero attached hydrogens (tertiary/aromatic N) is 1. The molecule has 7 heteroatoms. The van der Waals surface area contributed by atoms with Gasteiger partial charge >= 0.3 is 0 Å². The number of carbonyl (C=O) groups is 1. The highest BCUT2D eigenvalue weighted by Gasteiger charge is 2.25. The van der Waals surface area contributed by atoms with E-state index in [-0.39, 0.29) is 22.7 Å². The van der Waals surface area contributed by atoms with Crippen LogP contribution in [0, 0.1) is 0 Å². The maximum absolute atomic E-state index is 12.6. The van der Waals surface area contributed by atoms with Gasteiger partial charge in [-0.25, -0.2) is 4.98 Å². The summed E-state index contributed by atoms with van der Waals surface area (Å²) in [5.74, 6) is 0.818. The molecule has 3 rings (SSSR count). The number of hydrogen-bond donors (Lipinski definition) is 1. The number of carbonyl (C=O) groups excluding carboxylic acids is 1. The zero-order valence-corrected chi connectivity index (χ0v) is 15.4.